The first kappa shape index (κ1) is 32.4. The fourth-order valence-corrected chi connectivity index (χ4v) is 6.88. The zero-order valence-electron chi connectivity index (χ0n) is 30.0. The van der Waals surface area contributed by atoms with Crippen LogP contribution in [0.25, 0.3) is 44.4 Å². The highest BCUT2D eigenvalue weighted by Crippen LogP contribution is 2.39. The normalized spacial score (nSPS) is 12.1. The van der Waals surface area contributed by atoms with Gasteiger partial charge in [-0.05, 0) is 94.0 Å². The van der Waals surface area contributed by atoms with E-state index in [1.165, 1.54) is 38.6 Å². The van der Waals surface area contributed by atoms with Crippen LogP contribution >= 0.6 is 0 Å². The van der Waals surface area contributed by atoms with Crippen LogP contribution in [-0.4, -0.2) is 19.3 Å². The summed E-state index contributed by atoms with van der Waals surface area (Å²) in [7, 11) is 0. The lowest BCUT2D eigenvalue weighted by atomic mass is 9.86. The number of rotatable bonds is 8. The molecule has 7 rings (SSSR count). The number of para-hydroxylation sites is 1. The summed E-state index contributed by atoms with van der Waals surface area (Å²) in [5, 5.41) is 7.27. The molecule has 3 heterocycles. The van der Waals surface area contributed by atoms with Crippen LogP contribution < -0.4 is 4.74 Å². The Bertz CT molecular complexity index is 2270. The third kappa shape index (κ3) is 6.14. The van der Waals surface area contributed by atoms with Crippen molar-refractivity contribution in [3.8, 4) is 34.1 Å². The number of benzene rings is 4. The Morgan fingerprint density at radius 3 is 2.18 bits per heavy atom. The monoisotopic (exact) mass is 646 g/mol. The van der Waals surface area contributed by atoms with Gasteiger partial charge >= 0.3 is 0 Å². The lowest BCUT2D eigenvalue weighted by molar-refractivity contribution is 0.478. The average molecular weight is 647 g/mol. The minimum Gasteiger partial charge on any atom is -0.457 e. The van der Waals surface area contributed by atoms with Gasteiger partial charge in [0, 0.05) is 40.9 Å². The molecule has 5 nitrogen and oxygen atoms in total. The van der Waals surface area contributed by atoms with Crippen LogP contribution in [0.2, 0.25) is 0 Å². The predicted octanol–water partition coefficient (Wildman–Crippen LogP) is 11.9. The Morgan fingerprint density at radius 2 is 1.47 bits per heavy atom. The first-order chi connectivity index (χ1) is 23.5. The van der Waals surface area contributed by atoms with Crippen molar-refractivity contribution in [2.24, 2.45) is 0 Å². The lowest BCUT2D eigenvalue weighted by Gasteiger charge is -2.21. The number of fused-ring (bicyclic) bond motifs is 3. The highest BCUT2D eigenvalue weighted by molar-refractivity contribution is 6.09. The Hall–Kier alpha value is -5.16. The topological polar surface area (TPSA) is 44.9 Å². The van der Waals surface area contributed by atoms with Crippen molar-refractivity contribution in [3.05, 3.63) is 132 Å². The molecule has 0 saturated heterocycles. The minimum absolute atomic E-state index is 0.0918. The van der Waals surface area contributed by atoms with Crippen LogP contribution in [0.4, 0.5) is 0 Å². The molecule has 0 atom stereocenters. The summed E-state index contributed by atoms with van der Waals surface area (Å²) in [4.78, 5) is 4.79. The maximum atomic E-state index is 6.73. The summed E-state index contributed by atoms with van der Waals surface area (Å²) in [5.74, 6) is 3.27. The fraction of sp³-hybridized carbons (Fsp3) is 0.273. The molecule has 0 aliphatic rings. The smallest absolute Gasteiger partial charge is 0.137 e. The van der Waals surface area contributed by atoms with E-state index < -0.39 is 0 Å². The largest absolute Gasteiger partial charge is 0.457 e. The average Bonchev–Trinajstić information content (AvgIpc) is 3.70. The molecule has 0 bridgehead atoms. The standard InChI is InChI=1S/C44H46N4O/c1-9-30-19-20-45-42(21-30)48-40-16-11-10-13-38(40)39-18-17-34(25-41(39)48)49-35-23-32(44(6,7)8)22-33(24-35)47-27-31(26-46-47)43-36(28(2)3)14-12-15-37(43)29(4)5/h10-29H,9H2,1-8H3. The van der Waals surface area contributed by atoms with E-state index in [9.17, 15) is 0 Å². The molecule has 5 heteroatoms. The molecule has 248 valence electrons. The van der Waals surface area contributed by atoms with Crippen molar-refractivity contribution in [1.29, 1.82) is 0 Å². The van der Waals surface area contributed by atoms with Gasteiger partial charge in [-0.3, -0.25) is 4.57 Å². The maximum absolute atomic E-state index is 6.73. The van der Waals surface area contributed by atoms with E-state index in [0.29, 0.717) is 11.8 Å². The predicted molar refractivity (Wildman–Crippen MR) is 204 cm³/mol. The number of nitrogens with zero attached hydrogens (tertiary/aromatic N) is 4. The highest BCUT2D eigenvalue weighted by atomic mass is 16.5. The van der Waals surface area contributed by atoms with E-state index in [-0.39, 0.29) is 5.41 Å². The van der Waals surface area contributed by atoms with Gasteiger partial charge in [0.2, 0.25) is 0 Å². The zero-order chi connectivity index (χ0) is 34.4. The first-order valence-electron chi connectivity index (χ1n) is 17.5. The summed E-state index contributed by atoms with van der Waals surface area (Å²) in [6, 6.07) is 32.3. The third-order valence-electron chi connectivity index (χ3n) is 9.59. The molecule has 0 fully saturated rings. The zero-order valence-corrected chi connectivity index (χ0v) is 30.0. The van der Waals surface area contributed by atoms with Gasteiger partial charge in [-0.1, -0.05) is 91.8 Å². The van der Waals surface area contributed by atoms with Gasteiger partial charge < -0.3 is 4.74 Å². The van der Waals surface area contributed by atoms with Gasteiger partial charge in [0.25, 0.3) is 0 Å². The maximum Gasteiger partial charge on any atom is 0.137 e. The molecule has 0 radical (unpaired) electrons. The summed E-state index contributed by atoms with van der Waals surface area (Å²) in [5.41, 5.74) is 10.6. The van der Waals surface area contributed by atoms with Gasteiger partial charge in [-0.15, -0.1) is 0 Å². The summed E-state index contributed by atoms with van der Waals surface area (Å²) >= 11 is 0. The lowest BCUT2D eigenvalue weighted by Crippen LogP contribution is -2.12. The van der Waals surface area contributed by atoms with E-state index in [1.54, 1.807) is 0 Å². The van der Waals surface area contributed by atoms with E-state index in [0.717, 1.165) is 46.0 Å². The van der Waals surface area contributed by atoms with Crippen LogP contribution in [0, 0.1) is 0 Å². The van der Waals surface area contributed by atoms with Crippen molar-refractivity contribution < 1.29 is 4.74 Å². The number of aryl methyl sites for hydroxylation is 1. The van der Waals surface area contributed by atoms with Crippen molar-refractivity contribution in [1.82, 2.24) is 19.3 Å². The molecule has 0 aliphatic carbocycles. The van der Waals surface area contributed by atoms with E-state index >= 15 is 0 Å². The number of hydrogen-bond donors (Lipinski definition) is 0. The van der Waals surface area contributed by atoms with Gasteiger partial charge in [-0.25, -0.2) is 9.67 Å². The fourth-order valence-electron chi connectivity index (χ4n) is 6.88. The van der Waals surface area contributed by atoms with Crippen LogP contribution in [-0.2, 0) is 11.8 Å². The van der Waals surface area contributed by atoms with E-state index in [4.69, 9.17) is 14.8 Å². The molecule has 7 aromatic rings. The van der Waals surface area contributed by atoms with Crippen LogP contribution in [0.5, 0.6) is 11.5 Å². The third-order valence-corrected chi connectivity index (χ3v) is 9.59. The summed E-state index contributed by atoms with van der Waals surface area (Å²) in [6.45, 7) is 17.9. The second kappa shape index (κ2) is 12.7. The van der Waals surface area contributed by atoms with Gasteiger partial charge in [0.1, 0.15) is 17.3 Å². The Kier molecular flexibility index (Phi) is 8.40. The highest BCUT2D eigenvalue weighted by Gasteiger charge is 2.21. The molecular formula is C44H46N4O. The Labute approximate surface area is 290 Å². The van der Waals surface area contributed by atoms with Gasteiger partial charge in [-0.2, -0.15) is 5.10 Å². The number of hydrogen-bond acceptors (Lipinski definition) is 3. The second-order valence-electron chi connectivity index (χ2n) is 14.8. The Balaban J connectivity index is 1.32. The molecule has 0 unspecified atom stereocenters. The molecule has 3 aromatic heterocycles. The molecule has 0 amide bonds. The van der Waals surface area contributed by atoms with Crippen molar-refractivity contribution >= 4 is 21.8 Å². The van der Waals surface area contributed by atoms with Crippen LogP contribution in [0.15, 0.2) is 110 Å². The second-order valence-corrected chi connectivity index (χ2v) is 14.8. The quantitative estimate of drug-likeness (QED) is 0.165. The summed E-state index contributed by atoms with van der Waals surface area (Å²) in [6.07, 6.45) is 7.03. The first-order valence-corrected chi connectivity index (χ1v) is 17.5. The van der Waals surface area contributed by atoms with E-state index in [2.05, 4.69) is 157 Å². The molecule has 0 spiro atoms. The van der Waals surface area contributed by atoms with Gasteiger partial charge in [0.15, 0.2) is 0 Å². The molecular weight excluding hydrogens is 601 g/mol. The Morgan fingerprint density at radius 1 is 0.735 bits per heavy atom. The van der Waals surface area contributed by atoms with Crippen molar-refractivity contribution in [2.45, 2.75) is 79.1 Å². The molecule has 4 aromatic carbocycles. The summed E-state index contributed by atoms with van der Waals surface area (Å²) < 4.78 is 11.0. The van der Waals surface area contributed by atoms with Crippen LogP contribution in [0.1, 0.15) is 89.5 Å². The molecule has 0 N–H and O–H groups in total. The molecule has 0 saturated carbocycles. The molecule has 0 aliphatic heterocycles. The van der Waals surface area contributed by atoms with Crippen molar-refractivity contribution in [3.63, 3.8) is 0 Å². The van der Waals surface area contributed by atoms with E-state index in [1.807, 2.05) is 17.1 Å². The SMILES string of the molecule is CCc1ccnc(-n2c3ccccc3c3ccc(Oc4cc(-n5cc(-c6c(C(C)C)cccc6C(C)C)cn5)cc(C(C)(C)C)c4)cc32)c1. The van der Waals surface area contributed by atoms with Gasteiger partial charge in [0.05, 0.1) is 22.9 Å². The van der Waals surface area contributed by atoms with Crippen molar-refractivity contribution in [2.75, 3.05) is 0 Å². The number of ether oxygens (including phenoxy) is 1. The number of pyridine rings is 1. The van der Waals surface area contributed by atoms with Crippen LogP contribution in [0.3, 0.4) is 0 Å². The number of aromatic nitrogens is 4. The molecule has 49 heavy (non-hydrogen) atoms. The minimum atomic E-state index is -0.0918.